The minimum Gasteiger partial charge on any atom is -0.480 e. The van der Waals surface area contributed by atoms with E-state index in [-0.39, 0.29) is 12.3 Å². The number of carbonyl (C=O) groups is 2. The first-order chi connectivity index (χ1) is 9.20. The van der Waals surface area contributed by atoms with Crippen molar-refractivity contribution in [2.75, 3.05) is 5.73 Å². The summed E-state index contributed by atoms with van der Waals surface area (Å²) in [6.45, 7) is 5.35. The van der Waals surface area contributed by atoms with Crippen LogP contribution in [-0.2, 0) is 16.0 Å². The molecule has 4 N–H and O–H groups in total. The Hall–Kier alpha value is -2.04. The van der Waals surface area contributed by atoms with E-state index in [0.717, 1.165) is 5.56 Å². The van der Waals surface area contributed by atoms with Crippen LogP contribution in [0, 0.1) is 5.41 Å². The highest BCUT2D eigenvalue weighted by atomic mass is 16.4. The zero-order valence-electron chi connectivity index (χ0n) is 12.1. The van der Waals surface area contributed by atoms with Crippen molar-refractivity contribution in [3.8, 4) is 0 Å². The maximum absolute atomic E-state index is 11.8. The van der Waals surface area contributed by atoms with Gasteiger partial charge in [-0.3, -0.25) is 4.79 Å². The summed E-state index contributed by atoms with van der Waals surface area (Å²) in [7, 11) is 0. The number of anilines is 1. The van der Waals surface area contributed by atoms with Gasteiger partial charge in [0.05, 0.1) is 0 Å². The molecule has 0 aromatic heterocycles. The molecule has 1 aromatic carbocycles. The number of rotatable bonds is 5. The molecule has 0 aliphatic carbocycles. The van der Waals surface area contributed by atoms with Crippen LogP contribution in [-0.4, -0.2) is 23.0 Å². The number of carbonyl (C=O) groups excluding carboxylic acids is 1. The zero-order chi connectivity index (χ0) is 15.3. The van der Waals surface area contributed by atoms with Gasteiger partial charge in [-0.15, -0.1) is 0 Å². The van der Waals surface area contributed by atoms with E-state index in [0.29, 0.717) is 12.1 Å². The Morgan fingerprint density at radius 1 is 1.25 bits per heavy atom. The molecule has 0 spiro atoms. The largest absolute Gasteiger partial charge is 0.480 e. The Morgan fingerprint density at radius 2 is 1.80 bits per heavy atom. The number of hydrogen-bond donors (Lipinski definition) is 3. The molecule has 1 rings (SSSR count). The fraction of sp³-hybridized carbons (Fsp3) is 0.467. The average Bonchev–Trinajstić information content (AvgIpc) is 2.33. The fourth-order valence-corrected chi connectivity index (χ4v) is 1.82. The molecular formula is C15H22N2O3. The van der Waals surface area contributed by atoms with Crippen LogP contribution in [0.25, 0.3) is 0 Å². The summed E-state index contributed by atoms with van der Waals surface area (Å²) in [4.78, 5) is 23.0. The van der Waals surface area contributed by atoms with Gasteiger partial charge in [-0.25, -0.2) is 4.79 Å². The number of hydrogen-bond acceptors (Lipinski definition) is 3. The lowest BCUT2D eigenvalue weighted by Crippen LogP contribution is -2.49. The molecule has 0 heterocycles. The molecule has 0 fully saturated rings. The van der Waals surface area contributed by atoms with E-state index in [2.05, 4.69) is 5.32 Å². The van der Waals surface area contributed by atoms with E-state index in [9.17, 15) is 9.59 Å². The van der Waals surface area contributed by atoms with Gasteiger partial charge in [0.25, 0.3) is 0 Å². The van der Waals surface area contributed by atoms with Crippen LogP contribution in [0.3, 0.4) is 0 Å². The van der Waals surface area contributed by atoms with Crippen molar-refractivity contribution in [3.05, 3.63) is 29.8 Å². The smallest absolute Gasteiger partial charge is 0.326 e. The number of benzene rings is 1. The van der Waals surface area contributed by atoms with Crippen LogP contribution in [0.15, 0.2) is 24.3 Å². The summed E-state index contributed by atoms with van der Waals surface area (Å²) in [5.41, 5.74) is 6.73. The Kier molecular flexibility index (Phi) is 5.13. The average molecular weight is 278 g/mol. The molecule has 0 aliphatic rings. The SMILES string of the molecule is CC(C)(C)[C@H](NC(=O)CCc1ccc(N)cc1)C(=O)O. The predicted molar refractivity (Wildman–Crippen MR) is 78.2 cm³/mol. The molecule has 110 valence electrons. The van der Waals surface area contributed by atoms with Gasteiger partial charge < -0.3 is 16.2 Å². The molecule has 20 heavy (non-hydrogen) atoms. The molecule has 0 bridgehead atoms. The fourth-order valence-electron chi connectivity index (χ4n) is 1.82. The summed E-state index contributed by atoms with van der Waals surface area (Å²) in [6.07, 6.45) is 0.812. The minimum absolute atomic E-state index is 0.254. The van der Waals surface area contributed by atoms with Crippen LogP contribution < -0.4 is 11.1 Å². The van der Waals surface area contributed by atoms with Crippen molar-refractivity contribution < 1.29 is 14.7 Å². The van der Waals surface area contributed by atoms with E-state index >= 15 is 0 Å². The number of amides is 1. The minimum atomic E-state index is -1.02. The lowest BCUT2D eigenvalue weighted by Gasteiger charge is -2.27. The van der Waals surface area contributed by atoms with E-state index in [1.807, 2.05) is 12.1 Å². The van der Waals surface area contributed by atoms with E-state index in [1.165, 1.54) is 0 Å². The first-order valence-electron chi connectivity index (χ1n) is 6.57. The van der Waals surface area contributed by atoms with Crippen LogP contribution in [0.4, 0.5) is 5.69 Å². The van der Waals surface area contributed by atoms with Gasteiger partial charge >= 0.3 is 5.97 Å². The van der Waals surface area contributed by atoms with E-state index in [1.54, 1.807) is 32.9 Å². The summed E-state index contributed by atoms with van der Waals surface area (Å²) < 4.78 is 0. The molecule has 5 heteroatoms. The lowest BCUT2D eigenvalue weighted by molar-refractivity contribution is -0.144. The lowest BCUT2D eigenvalue weighted by atomic mass is 9.86. The number of carboxylic acid groups (broad SMARTS) is 1. The number of nitrogen functional groups attached to an aromatic ring is 1. The topological polar surface area (TPSA) is 92.4 Å². The van der Waals surface area contributed by atoms with Crippen molar-refractivity contribution in [1.82, 2.24) is 5.32 Å². The Bertz CT molecular complexity index is 475. The number of nitrogens with two attached hydrogens (primary N) is 1. The van der Waals surface area contributed by atoms with Crippen molar-refractivity contribution >= 4 is 17.6 Å². The van der Waals surface area contributed by atoms with Crippen LogP contribution in [0.5, 0.6) is 0 Å². The maximum atomic E-state index is 11.8. The first-order valence-corrected chi connectivity index (χ1v) is 6.57. The van der Waals surface area contributed by atoms with Crippen LogP contribution in [0.2, 0.25) is 0 Å². The van der Waals surface area contributed by atoms with Crippen molar-refractivity contribution in [2.45, 2.75) is 39.7 Å². The van der Waals surface area contributed by atoms with Gasteiger partial charge in [-0.1, -0.05) is 32.9 Å². The summed E-state index contributed by atoms with van der Waals surface area (Å²) in [6, 6.07) is 6.40. The van der Waals surface area contributed by atoms with E-state index < -0.39 is 17.4 Å². The number of carboxylic acids is 1. The van der Waals surface area contributed by atoms with Crippen LogP contribution in [0.1, 0.15) is 32.8 Å². The molecule has 0 radical (unpaired) electrons. The van der Waals surface area contributed by atoms with Crippen LogP contribution >= 0.6 is 0 Å². The molecule has 0 saturated heterocycles. The highest BCUT2D eigenvalue weighted by Crippen LogP contribution is 2.19. The van der Waals surface area contributed by atoms with Crippen molar-refractivity contribution in [2.24, 2.45) is 5.41 Å². The zero-order valence-corrected chi connectivity index (χ0v) is 12.1. The third kappa shape index (κ3) is 4.91. The molecule has 0 unspecified atom stereocenters. The number of nitrogens with one attached hydrogen (secondary N) is 1. The Balaban J connectivity index is 2.54. The van der Waals surface area contributed by atoms with Gasteiger partial charge in [0.15, 0.2) is 0 Å². The Labute approximate surface area is 119 Å². The molecule has 1 amide bonds. The second kappa shape index (κ2) is 6.41. The number of aliphatic carboxylic acids is 1. The Morgan fingerprint density at radius 3 is 2.25 bits per heavy atom. The summed E-state index contributed by atoms with van der Waals surface area (Å²) in [5.74, 6) is -1.28. The first kappa shape index (κ1) is 16.0. The molecule has 1 atom stereocenters. The van der Waals surface area contributed by atoms with Gasteiger partial charge in [0.1, 0.15) is 6.04 Å². The van der Waals surface area contributed by atoms with Crippen molar-refractivity contribution in [1.29, 1.82) is 0 Å². The maximum Gasteiger partial charge on any atom is 0.326 e. The summed E-state index contributed by atoms with van der Waals surface area (Å²) in [5, 5.41) is 11.7. The van der Waals surface area contributed by atoms with Gasteiger partial charge in [0, 0.05) is 12.1 Å². The highest BCUT2D eigenvalue weighted by molar-refractivity contribution is 5.84. The summed E-state index contributed by atoms with van der Waals surface area (Å²) >= 11 is 0. The molecule has 1 aromatic rings. The molecule has 0 aliphatic heterocycles. The third-order valence-corrected chi connectivity index (χ3v) is 3.04. The van der Waals surface area contributed by atoms with Crippen molar-refractivity contribution in [3.63, 3.8) is 0 Å². The van der Waals surface area contributed by atoms with Gasteiger partial charge in [-0.2, -0.15) is 0 Å². The predicted octanol–water partition coefficient (Wildman–Crippen LogP) is 1.82. The second-order valence-corrected chi connectivity index (χ2v) is 5.95. The monoisotopic (exact) mass is 278 g/mol. The molecular weight excluding hydrogens is 256 g/mol. The highest BCUT2D eigenvalue weighted by Gasteiger charge is 2.32. The normalized spacial score (nSPS) is 12.8. The third-order valence-electron chi connectivity index (χ3n) is 3.04. The molecule has 0 saturated carbocycles. The van der Waals surface area contributed by atoms with Gasteiger partial charge in [0.2, 0.25) is 5.91 Å². The van der Waals surface area contributed by atoms with Gasteiger partial charge in [-0.05, 0) is 29.5 Å². The quantitative estimate of drug-likeness (QED) is 0.716. The number of aryl methyl sites for hydroxylation is 1. The molecule has 5 nitrogen and oxygen atoms in total. The van der Waals surface area contributed by atoms with E-state index in [4.69, 9.17) is 10.8 Å². The second-order valence-electron chi connectivity index (χ2n) is 5.95. The standard InChI is InChI=1S/C15H22N2O3/c1-15(2,3)13(14(19)20)17-12(18)9-6-10-4-7-11(16)8-5-10/h4-5,7-8,13H,6,9,16H2,1-3H3,(H,17,18)(H,19,20)/t13-/m1/s1.